The molecule has 3 heterocycles. The van der Waals surface area contributed by atoms with Crippen molar-refractivity contribution in [2.24, 2.45) is 4.99 Å². The fourth-order valence-electron chi connectivity index (χ4n) is 3.93. The fraction of sp³-hybridized carbons (Fsp3) is 0.714. The number of nitrogens with zero attached hydrogens (tertiary/aromatic N) is 3. The Morgan fingerprint density at radius 2 is 2.10 bits per heavy atom. The number of rotatable bonds is 7. The van der Waals surface area contributed by atoms with Gasteiger partial charge in [-0.2, -0.15) is 0 Å². The number of hydrogen-bond acceptors (Lipinski definition) is 5. The highest BCUT2D eigenvalue weighted by Gasteiger charge is 2.27. The first kappa shape index (κ1) is 22.1. The summed E-state index contributed by atoms with van der Waals surface area (Å²) in [6.07, 6.45) is 1.54. The van der Waals surface area contributed by atoms with Crippen molar-refractivity contribution < 1.29 is 9.53 Å². The standard InChI is InChI=1S/C21H35N5O2S/c1-4-20(27)26-9-8-17(15-26)24-21(22-5-2)23-14-18(19-7-6-16(3)29-19)25-10-12-28-13-11-25/h6-7,17-18H,4-5,8-15H2,1-3H3,(H2,22,23,24). The number of nitrogens with one attached hydrogen (secondary N) is 2. The van der Waals surface area contributed by atoms with Crippen molar-refractivity contribution in [3.8, 4) is 0 Å². The van der Waals surface area contributed by atoms with Crippen molar-refractivity contribution >= 4 is 23.2 Å². The topological polar surface area (TPSA) is 69.2 Å². The van der Waals surface area contributed by atoms with E-state index in [1.54, 1.807) is 0 Å². The summed E-state index contributed by atoms with van der Waals surface area (Å²) in [6.45, 7) is 12.7. The lowest BCUT2D eigenvalue weighted by Gasteiger charge is -2.33. The number of aliphatic imine (C=N–C) groups is 1. The average Bonchev–Trinajstić information content (AvgIpc) is 3.38. The maximum absolute atomic E-state index is 12.0. The first-order valence-electron chi connectivity index (χ1n) is 10.8. The second kappa shape index (κ2) is 10.9. The minimum Gasteiger partial charge on any atom is -0.379 e. The molecule has 1 aromatic rings. The van der Waals surface area contributed by atoms with Gasteiger partial charge in [-0.15, -0.1) is 11.3 Å². The maximum atomic E-state index is 12.0. The number of ether oxygens (including phenoxy) is 1. The lowest BCUT2D eigenvalue weighted by molar-refractivity contribution is -0.129. The molecule has 29 heavy (non-hydrogen) atoms. The third kappa shape index (κ3) is 6.17. The smallest absolute Gasteiger partial charge is 0.222 e. The number of morpholine rings is 1. The van der Waals surface area contributed by atoms with Crippen LogP contribution in [-0.4, -0.2) is 80.2 Å². The monoisotopic (exact) mass is 421 g/mol. The molecule has 0 aliphatic carbocycles. The van der Waals surface area contributed by atoms with E-state index in [2.05, 4.69) is 41.5 Å². The van der Waals surface area contributed by atoms with Gasteiger partial charge in [0.05, 0.1) is 25.8 Å². The van der Waals surface area contributed by atoms with Crippen LogP contribution in [0.3, 0.4) is 0 Å². The molecule has 2 fully saturated rings. The van der Waals surface area contributed by atoms with Crippen molar-refractivity contribution in [1.82, 2.24) is 20.4 Å². The molecule has 7 nitrogen and oxygen atoms in total. The number of guanidine groups is 1. The van der Waals surface area contributed by atoms with Gasteiger partial charge in [0.1, 0.15) is 0 Å². The van der Waals surface area contributed by atoms with Gasteiger partial charge in [-0.3, -0.25) is 14.7 Å². The van der Waals surface area contributed by atoms with E-state index in [0.717, 1.165) is 58.3 Å². The number of hydrogen-bond donors (Lipinski definition) is 2. The molecule has 162 valence electrons. The summed E-state index contributed by atoms with van der Waals surface area (Å²) in [4.78, 5) is 24.0. The minimum absolute atomic E-state index is 0.233. The molecule has 1 amide bonds. The summed E-state index contributed by atoms with van der Waals surface area (Å²) >= 11 is 1.86. The van der Waals surface area contributed by atoms with Crippen molar-refractivity contribution in [1.29, 1.82) is 0 Å². The maximum Gasteiger partial charge on any atom is 0.222 e. The predicted octanol–water partition coefficient (Wildman–Crippen LogP) is 2.00. The SMILES string of the molecule is CCNC(=NCC(c1ccc(C)s1)N1CCOCC1)NC1CCN(C(=O)CC)C1. The molecule has 2 unspecified atom stereocenters. The fourth-order valence-corrected chi connectivity index (χ4v) is 4.93. The van der Waals surface area contributed by atoms with Gasteiger partial charge in [0, 0.05) is 54.9 Å². The van der Waals surface area contributed by atoms with Crippen molar-refractivity contribution in [2.75, 3.05) is 52.5 Å². The highest BCUT2D eigenvalue weighted by Crippen LogP contribution is 2.28. The van der Waals surface area contributed by atoms with Crippen LogP contribution >= 0.6 is 11.3 Å². The van der Waals surface area contributed by atoms with Crippen LogP contribution in [0.2, 0.25) is 0 Å². The first-order chi connectivity index (χ1) is 14.1. The van der Waals surface area contributed by atoms with Gasteiger partial charge in [-0.25, -0.2) is 0 Å². The summed E-state index contributed by atoms with van der Waals surface area (Å²) in [5.74, 6) is 1.08. The molecule has 2 N–H and O–H groups in total. The molecule has 0 radical (unpaired) electrons. The molecular weight excluding hydrogens is 386 g/mol. The Morgan fingerprint density at radius 3 is 2.76 bits per heavy atom. The Labute approximate surface area is 178 Å². The zero-order chi connectivity index (χ0) is 20.6. The van der Waals surface area contributed by atoms with E-state index in [-0.39, 0.29) is 18.0 Å². The Kier molecular flexibility index (Phi) is 8.32. The lowest BCUT2D eigenvalue weighted by atomic mass is 10.2. The summed E-state index contributed by atoms with van der Waals surface area (Å²) in [6, 6.07) is 4.96. The second-order valence-electron chi connectivity index (χ2n) is 7.66. The molecule has 0 aromatic carbocycles. The Hall–Kier alpha value is -1.64. The molecular formula is C21H35N5O2S. The van der Waals surface area contributed by atoms with Crippen LogP contribution in [0.4, 0.5) is 0 Å². The van der Waals surface area contributed by atoms with Gasteiger partial charge >= 0.3 is 0 Å². The van der Waals surface area contributed by atoms with Crippen LogP contribution in [0.25, 0.3) is 0 Å². The number of likely N-dealkylation sites (tertiary alicyclic amines) is 1. The number of carbonyl (C=O) groups excluding carboxylic acids is 1. The highest BCUT2D eigenvalue weighted by molar-refractivity contribution is 7.12. The van der Waals surface area contributed by atoms with Crippen LogP contribution in [0.5, 0.6) is 0 Å². The Bertz CT molecular complexity index is 686. The zero-order valence-corrected chi connectivity index (χ0v) is 18.8. The van der Waals surface area contributed by atoms with E-state index in [1.165, 1.54) is 9.75 Å². The molecule has 1 aromatic heterocycles. The van der Waals surface area contributed by atoms with Crippen LogP contribution < -0.4 is 10.6 Å². The van der Waals surface area contributed by atoms with E-state index in [4.69, 9.17) is 9.73 Å². The summed E-state index contributed by atoms with van der Waals surface area (Å²) in [7, 11) is 0. The molecule has 2 saturated heterocycles. The molecule has 8 heteroatoms. The molecule has 2 atom stereocenters. The third-order valence-electron chi connectivity index (χ3n) is 5.53. The first-order valence-corrected chi connectivity index (χ1v) is 11.6. The van der Waals surface area contributed by atoms with Gasteiger partial charge < -0.3 is 20.3 Å². The number of carbonyl (C=O) groups is 1. The minimum atomic E-state index is 0.233. The third-order valence-corrected chi connectivity index (χ3v) is 6.63. The van der Waals surface area contributed by atoms with Gasteiger partial charge in [0.15, 0.2) is 5.96 Å². The van der Waals surface area contributed by atoms with Crippen LogP contribution in [0.15, 0.2) is 17.1 Å². The zero-order valence-electron chi connectivity index (χ0n) is 17.9. The van der Waals surface area contributed by atoms with Gasteiger partial charge in [-0.05, 0) is 32.4 Å². The van der Waals surface area contributed by atoms with Crippen LogP contribution in [0, 0.1) is 6.92 Å². The molecule has 3 rings (SSSR count). The van der Waals surface area contributed by atoms with Gasteiger partial charge in [0.25, 0.3) is 0 Å². The average molecular weight is 422 g/mol. The molecule has 0 spiro atoms. The Morgan fingerprint density at radius 1 is 1.31 bits per heavy atom. The summed E-state index contributed by atoms with van der Waals surface area (Å²) < 4.78 is 5.55. The lowest BCUT2D eigenvalue weighted by Crippen LogP contribution is -2.46. The van der Waals surface area contributed by atoms with Crippen molar-refractivity contribution in [3.05, 3.63) is 21.9 Å². The number of amides is 1. The van der Waals surface area contributed by atoms with Gasteiger partial charge in [0.2, 0.25) is 5.91 Å². The highest BCUT2D eigenvalue weighted by atomic mass is 32.1. The van der Waals surface area contributed by atoms with E-state index in [0.29, 0.717) is 13.0 Å². The van der Waals surface area contributed by atoms with Crippen molar-refractivity contribution in [3.63, 3.8) is 0 Å². The van der Waals surface area contributed by atoms with Crippen LogP contribution in [-0.2, 0) is 9.53 Å². The Balaban J connectivity index is 1.66. The van der Waals surface area contributed by atoms with Gasteiger partial charge in [-0.1, -0.05) is 6.92 Å². The van der Waals surface area contributed by atoms with E-state index in [9.17, 15) is 4.79 Å². The van der Waals surface area contributed by atoms with Crippen molar-refractivity contribution in [2.45, 2.75) is 45.7 Å². The van der Waals surface area contributed by atoms with Crippen LogP contribution in [0.1, 0.15) is 42.5 Å². The largest absolute Gasteiger partial charge is 0.379 e. The normalized spacial score (nSPS) is 22.0. The number of aryl methyl sites for hydroxylation is 1. The summed E-state index contributed by atoms with van der Waals surface area (Å²) in [5, 5.41) is 6.92. The molecule has 0 saturated carbocycles. The predicted molar refractivity (Wildman–Crippen MR) is 119 cm³/mol. The number of thiophene rings is 1. The second-order valence-corrected chi connectivity index (χ2v) is 8.97. The molecule has 2 aliphatic heterocycles. The van der Waals surface area contributed by atoms with E-state index < -0.39 is 0 Å². The van der Waals surface area contributed by atoms with E-state index >= 15 is 0 Å². The summed E-state index contributed by atoms with van der Waals surface area (Å²) in [5.41, 5.74) is 0. The molecule has 0 bridgehead atoms. The quantitative estimate of drug-likeness (QED) is 0.521. The van der Waals surface area contributed by atoms with E-state index in [1.807, 2.05) is 23.2 Å². The molecule has 2 aliphatic rings.